The van der Waals surface area contributed by atoms with Crippen LogP contribution in [0.5, 0.6) is 5.75 Å². The minimum absolute atomic E-state index is 0. The van der Waals surface area contributed by atoms with E-state index >= 15 is 0 Å². The van der Waals surface area contributed by atoms with Gasteiger partial charge in [-0.05, 0) is 57.2 Å². The monoisotopic (exact) mass is 382 g/mol. The summed E-state index contributed by atoms with van der Waals surface area (Å²) in [5, 5.41) is 3.66. The van der Waals surface area contributed by atoms with Crippen molar-refractivity contribution in [1.29, 1.82) is 0 Å². The lowest BCUT2D eigenvalue weighted by molar-refractivity contribution is 0.0695. The SMILES string of the molecule is CCOCCOc1ccccc1C(=O)N1CCC(NCC2CC2)CC1.Cl. The molecule has 1 aromatic carbocycles. The number of halogens is 1. The number of para-hydroxylation sites is 1. The average molecular weight is 383 g/mol. The molecule has 5 nitrogen and oxygen atoms in total. The first-order valence-electron chi connectivity index (χ1n) is 9.60. The van der Waals surface area contributed by atoms with Crippen LogP contribution in [-0.2, 0) is 4.74 Å². The molecule has 2 aliphatic rings. The Balaban J connectivity index is 0.00000243. The highest BCUT2D eigenvalue weighted by Crippen LogP contribution is 2.28. The second-order valence-electron chi connectivity index (χ2n) is 6.96. The average Bonchev–Trinajstić information content (AvgIpc) is 3.48. The Hall–Kier alpha value is -1.30. The number of amides is 1. The van der Waals surface area contributed by atoms with Gasteiger partial charge in [-0.15, -0.1) is 12.4 Å². The first-order valence-corrected chi connectivity index (χ1v) is 9.60. The van der Waals surface area contributed by atoms with Gasteiger partial charge in [0.15, 0.2) is 0 Å². The van der Waals surface area contributed by atoms with Crippen molar-refractivity contribution in [2.45, 2.75) is 38.6 Å². The Bertz CT molecular complexity index is 558. The number of nitrogens with zero attached hydrogens (tertiary/aromatic N) is 1. The van der Waals surface area contributed by atoms with E-state index in [1.54, 1.807) is 0 Å². The summed E-state index contributed by atoms with van der Waals surface area (Å²) in [6, 6.07) is 8.08. The van der Waals surface area contributed by atoms with Crippen molar-refractivity contribution < 1.29 is 14.3 Å². The Morgan fingerprint density at radius 2 is 1.88 bits per heavy atom. The van der Waals surface area contributed by atoms with E-state index in [1.165, 1.54) is 12.8 Å². The molecule has 146 valence electrons. The molecule has 0 spiro atoms. The number of hydrogen-bond donors (Lipinski definition) is 1. The van der Waals surface area contributed by atoms with Crippen LogP contribution in [0.2, 0.25) is 0 Å². The molecule has 0 atom stereocenters. The fourth-order valence-corrected chi connectivity index (χ4v) is 3.24. The molecule has 3 rings (SSSR count). The van der Waals surface area contributed by atoms with Crippen LogP contribution in [0, 0.1) is 5.92 Å². The third-order valence-electron chi connectivity index (χ3n) is 4.98. The van der Waals surface area contributed by atoms with Crippen molar-refractivity contribution in [3.63, 3.8) is 0 Å². The summed E-state index contributed by atoms with van der Waals surface area (Å²) in [6.07, 6.45) is 4.83. The summed E-state index contributed by atoms with van der Waals surface area (Å²) in [5.74, 6) is 1.63. The molecule has 1 aliphatic carbocycles. The molecule has 2 fully saturated rings. The maximum Gasteiger partial charge on any atom is 0.257 e. The van der Waals surface area contributed by atoms with Crippen molar-refractivity contribution in [1.82, 2.24) is 10.2 Å². The van der Waals surface area contributed by atoms with E-state index in [0.29, 0.717) is 37.2 Å². The van der Waals surface area contributed by atoms with Crippen LogP contribution in [0.25, 0.3) is 0 Å². The van der Waals surface area contributed by atoms with E-state index in [2.05, 4.69) is 5.32 Å². The number of hydrogen-bond acceptors (Lipinski definition) is 4. The standard InChI is InChI=1S/C20H30N2O3.ClH/c1-2-24-13-14-25-19-6-4-3-5-18(19)20(23)22-11-9-17(10-12-22)21-15-16-7-8-16;/h3-6,16-17,21H,2,7-15H2,1H3;1H. The predicted octanol–water partition coefficient (Wildman–Crippen LogP) is 3.13. The van der Waals surface area contributed by atoms with Crippen molar-refractivity contribution in [3.05, 3.63) is 29.8 Å². The third kappa shape index (κ3) is 6.15. The van der Waals surface area contributed by atoms with E-state index in [9.17, 15) is 4.79 Å². The summed E-state index contributed by atoms with van der Waals surface area (Å²) in [6.45, 7) is 6.41. The fraction of sp³-hybridized carbons (Fsp3) is 0.650. The van der Waals surface area contributed by atoms with E-state index in [1.807, 2.05) is 36.1 Å². The van der Waals surface area contributed by atoms with Crippen LogP contribution in [0.3, 0.4) is 0 Å². The summed E-state index contributed by atoms with van der Waals surface area (Å²) in [4.78, 5) is 14.8. The molecule has 1 saturated heterocycles. The molecule has 1 N–H and O–H groups in total. The van der Waals surface area contributed by atoms with Crippen molar-refractivity contribution in [2.75, 3.05) is 39.5 Å². The number of ether oxygens (including phenoxy) is 2. The third-order valence-corrected chi connectivity index (χ3v) is 4.98. The second-order valence-corrected chi connectivity index (χ2v) is 6.96. The number of rotatable bonds is 9. The molecule has 1 heterocycles. The first-order chi connectivity index (χ1) is 12.3. The van der Waals surface area contributed by atoms with Crippen molar-refractivity contribution >= 4 is 18.3 Å². The predicted molar refractivity (Wildman–Crippen MR) is 105 cm³/mol. The highest BCUT2D eigenvalue weighted by atomic mass is 35.5. The minimum Gasteiger partial charge on any atom is -0.490 e. The van der Waals surface area contributed by atoms with Gasteiger partial charge in [-0.25, -0.2) is 0 Å². The Morgan fingerprint density at radius 3 is 2.58 bits per heavy atom. The van der Waals surface area contributed by atoms with Gasteiger partial charge in [0.2, 0.25) is 0 Å². The van der Waals surface area contributed by atoms with Gasteiger partial charge in [-0.3, -0.25) is 4.79 Å². The topological polar surface area (TPSA) is 50.8 Å². The number of benzene rings is 1. The first kappa shape index (κ1) is 21.0. The van der Waals surface area contributed by atoms with Gasteiger partial charge in [0.25, 0.3) is 5.91 Å². The van der Waals surface area contributed by atoms with Crippen LogP contribution >= 0.6 is 12.4 Å². The molecule has 1 aromatic rings. The summed E-state index contributed by atoms with van der Waals surface area (Å²) in [7, 11) is 0. The molecule has 0 radical (unpaired) electrons. The number of carbonyl (C=O) groups excluding carboxylic acids is 1. The lowest BCUT2D eigenvalue weighted by atomic mass is 10.0. The lowest BCUT2D eigenvalue weighted by Gasteiger charge is -2.33. The summed E-state index contributed by atoms with van der Waals surface area (Å²) >= 11 is 0. The fourth-order valence-electron chi connectivity index (χ4n) is 3.24. The maximum absolute atomic E-state index is 12.9. The highest BCUT2D eigenvalue weighted by Gasteiger charge is 2.27. The Labute approximate surface area is 162 Å². The molecule has 0 aromatic heterocycles. The van der Waals surface area contributed by atoms with Crippen molar-refractivity contribution in [3.8, 4) is 5.75 Å². The second kappa shape index (κ2) is 10.8. The Kier molecular flexibility index (Phi) is 8.69. The van der Waals surface area contributed by atoms with Crippen LogP contribution in [0.1, 0.15) is 43.0 Å². The zero-order chi connectivity index (χ0) is 17.5. The van der Waals surface area contributed by atoms with Gasteiger partial charge in [-0.1, -0.05) is 12.1 Å². The van der Waals surface area contributed by atoms with Gasteiger partial charge in [-0.2, -0.15) is 0 Å². The normalized spacial score (nSPS) is 17.7. The van der Waals surface area contributed by atoms with E-state index in [-0.39, 0.29) is 18.3 Å². The molecule has 1 amide bonds. The van der Waals surface area contributed by atoms with Gasteiger partial charge in [0.1, 0.15) is 12.4 Å². The largest absolute Gasteiger partial charge is 0.490 e. The number of likely N-dealkylation sites (tertiary alicyclic amines) is 1. The van der Waals surface area contributed by atoms with Crippen LogP contribution in [0.15, 0.2) is 24.3 Å². The molecule has 0 unspecified atom stereocenters. The van der Waals surface area contributed by atoms with Gasteiger partial charge in [0, 0.05) is 25.7 Å². The number of nitrogens with one attached hydrogen (secondary N) is 1. The smallest absolute Gasteiger partial charge is 0.257 e. The van der Waals surface area contributed by atoms with Crippen LogP contribution in [-0.4, -0.2) is 56.3 Å². The van der Waals surface area contributed by atoms with E-state index in [4.69, 9.17) is 9.47 Å². The van der Waals surface area contributed by atoms with Crippen LogP contribution in [0.4, 0.5) is 0 Å². The molecule has 0 bridgehead atoms. The van der Waals surface area contributed by atoms with E-state index < -0.39 is 0 Å². The molecule has 26 heavy (non-hydrogen) atoms. The van der Waals surface area contributed by atoms with Gasteiger partial charge < -0.3 is 19.7 Å². The quantitative estimate of drug-likeness (QED) is 0.666. The summed E-state index contributed by atoms with van der Waals surface area (Å²) < 4.78 is 11.1. The van der Waals surface area contributed by atoms with Crippen LogP contribution < -0.4 is 10.1 Å². The number of carbonyl (C=O) groups is 1. The zero-order valence-electron chi connectivity index (χ0n) is 15.6. The lowest BCUT2D eigenvalue weighted by Crippen LogP contribution is -2.45. The zero-order valence-corrected chi connectivity index (χ0v) is 16.4. The molecule has 1 saturated carbocycles. The molecular weight excluding hydrogens is 352 g/mol. The Morgan fingerprint density at radius 1 is 1.15 bits per heavy atom. The minimum atomic E-state index is 0. The highest BCUT2D eigenvalue weighted by molar-refractivity contribution is 5.97. The number of piperidine rings is 1. The molecule has 1 aliphatic heterocycles. The molecular formula is C20H31ClN2O3. The van der Waals surface area contributed by atoms with Gasteiger partial charge >= 0.3 is 0 Å². The van der Waals surface area contributed by atoms with Crippen molar-refractivity contribution in [2.24, 2.45) is 5.92 Å². The molecule has 6 heteroatoms. The maximum atomic E-state index is 12.9. The summed E-state index contributed by atoms with van der Waals surface area (Å²) in [5.41, 5.74) is 0.656. The van der Waals surface area contributed by atoms with Gasteiger partial charge in [0.05, 0.1) is 12.2 Å². The van der Waals surface area contributed by atoms with E-state index in [0.717, 1.165) is 38.4 Å².